The minimum atomic E-state index is -1.41. The van der Waals surface area contributed by atoms with E-state index in [1.807, 2.05) is 6.07 Å². The molecule has 2 unspecified atom stereocenters. The average molecular weight is 456 g/mol. The van der Waals surface area contributed by atoms with Gasteiger partial charge in [-0.05, 0) is 62.9 Å². The van der Waals surface area contributed by atoms with Crippen molar-refractivity contribution in [3.05, 3.63) is 65.2 Å². The van der Waals surface area contributed by atoms with Gasteiger partial charge in [-0.1, -0.05) is 12.1 Å². The van der Waals surface area contributed by atoms with Gasteiger partial charge in [-0.25, -0.2) is 8.78 Å². The van der Waals surface area contributed by atoms with Crippen LogP contribution >= 0.6 is 0 Å². The summed E-state index contributed by atoms with van der Waals surface area (Å²) in [6, 6.07) is 10.2. The fraction of sp³-hybridized carbons (Fsp3) is 0.400. The molecule has 0 fully saturated rings. The van der Waals surface area contributed by atoms with Crippen LogP contribution in [0.2, 0.25) is 0 Å². The van der Waals surface area contributed by atoms with Crippen molar-refractivity contribution in [3.8, 4) is 5.75 Å². The van der Waals surface area contributed by atoms with Gasteiger partial charge in [0, 0.05) is 19.3 Å². The van der Waals surface area contributed by atoms with Crippen LogP contribution in [0.25, 0.3) is 0 Å². The molecule has 2 aromatic carbocycles. The third-order valence-corrected chi connectivity index (χ3v) is 6.16. The van der Waals surface area contributed by atoms with Crippen LogP contribution in [0.1, 0.15) is 57.1 Å². The summed E-state index contributed by atoms with van der Waals surface area (Å²) >= 11 is 0. The Kier molecular flexibility index (Phi) is 6.44. The zero-order valence-electron chi connectivity index (χ0n) is 18.6. The van der Waals surface area contributed by atoms with Crippen LogP contribution in [0.4, 0.5) is 8.78 Å². The number of benzene rings is 2. The second kappa shape index (κ2) is 9.29. The van der Waals surface area contributed by atoms with E-state index in [1.54, 1.807) is 25.1 Å². The molecule has 0 radical (unpaired) electrons. The van der Waals surface area contributed by atoms with Crippen molar-refractivity contribution in [2.24, 2.45) is 11.0 Å². The molecule has 2 aromatic rings. The van der Waals surface area contributed by atoms with Crippen molar-refractivity contribution in [1.82, 2.24) is 5.01 Å². The predicted octanol–water partition coefficient (Wildman–Crippen LogP) is 4.91. The minimum absolute atomic E-state index is 0.107. The smallest absolute Gasteiger partial charge is 0.244 e. The molecule has 6 nitrogen and oxygen atoms in total. The summed E-state index contributed by atoms with van der Waals surface area (Å²) in [4.78, 5) is 24.8. The molecule has 0 aliphatic carbocycles. The zero-order valence-corrected chi connectivity index (χ0v) is 18.6. The predicted molar refractivity (Wildman–Crippen MR) is 117 cm³/mol. The van der Waals surface area contributed by atoms with Crippen molar-refractivity contribution < 1.29 is 27.8 Å². The first-order valence-electron chi connectivity index (χ1n) is 11.1. The van der Waals surface area contributed by atoms with Gasteiger partial charge in [0.15, 0.2) is 0 Å². The molecule has 0 aromatic heterocycles. The van der Waals surface area contributed by atoms with Crippen LogP contribution in [-0.2, 0) is 20.1 Å². The van der Waals surface area contributed by atoms with Gasteiger partial charge in [0.2, 0.25) is 17.5 Å². The first kappa shape index (κ1) is 22.9. The van der Waals surface area contributed by atoms with E-state index in [4.69, 9.17) is 9.47 Å². The molecular weight excluding hydrogens is 430 g/mol. The summed E-state index contributed by atoms with van der Waals surface area (Å²) in [5, 5.41) is 5.46. The van der Waals surface area contributed by atoms with Gasteiger partial charge in [-0.15, -0.1) is 5.10 Å². The molecule has 0 bridgehead atoms. The number of ketones is 1. The molecule has 0 N–H and O–H groups in total. The van der Waals surface area contributed by atoms with Crippen LogP contribution in [0, 0.1) is 17.6 Å². The maximum atomic E-state index is 14.6. The number of hydrogen-bond donors (Lipinski definition) is 0. The number of halogens is 2. The largest absolute Gasteiger partial charge is 0.493 e. The molecule has 174 valence electrons. The van der Waals surface area contributed by atoms with E-state index in [1.165, 1.54) is 11.9 Å². The van der Waals surface area contributed by atoms with Crippen molar-refractivity contribution in [3.63, 3.8) is 0 Å². The van der Waals surface area contributed by atoms with Crippen LogP contribution in [0.5, 0.6) is 5.75 Å². The van der Waals surface area contributed by atoms with Crippen molar-refractivity contribution in [2.75, 3.05) is 6.61 Å². The van der Waals surface area contributed by atoms with E-state index in [0.29, 0.717) is 50.0 Å². The number of carbonyl (C=O) groups excluding carboxylic acids is 2. The molecule has 0 saturated carbocycles. The highest BCUT2D eigenvalue weighted by molar-refractivity contribution is 5.97. The quantitative estimate of drug-likeness (QED) is 0.644. The van der Waals surface area contributed by atoms with Crippen molar-refractivity contribution in [1.29, 1.82) is 0 Å². The Labute approximate surface area is 191 Å². The van der Waals surface area contributed by atoms with Gasteiger partial charge in [-0.2, -0.15) is 5.01 Å². The van der Waals surface area contributed by atoms with E-state index < -0.39 is 23.3 Å². The summed E-state index contributed by atoms with van der Waals surface area (Å²) in [6.45, 7) is 3.31. The summed E-state index contributed by atoms with van der Waals surface area (Å²) in [7, 11) is 0. The normalized spacial score (nSPS) is 23.1. The first-order chi connectivity index (χ1) is 15.8. The maximum absolute atomic E-state index is 14.6. The highest BCUT2D eigenvalue weighted by atomic mass is 19.1. The number of fused-ring (bicyclic) bond motifs is 2. The number of carbonyl (C=O) groups is 2. The van der Waals surface area contributed by atoms with Crippen molar-refractivity contribution in [2.45, 2.75) is 51.7 Å². The molecule has 1 amide bonds. The number of ether oxygens (including phenoxy) is 2. The van der Waals surface area contributed by atoms with Gasteiger partial charge >= 0.3 is 0 Å². The van der Waals surface area contributed by atoms with Gasteiger partial charge in [0.1, 0.15) is 23.2 Å². The lowest BCUT2D eigenvalue weighted by molar-refractivity contribution is -0.150. The Morgan fingerprint density at radius 2 is 1.85 bits per heavy atom. The fourth-order valence-corrected chi connectivity index (χ4v) is 4.52. The number of hydrazone groups is 1. The Morgan fingerprint density at radius 3 is 2.61 bits per heavy atom. The monoisotopic (exact) mass is 456 g/mol. The maximum Gasteiger partial charge on any atom is 0.244 e. The van der Waals surface area contributed by atoms with Crippen LogP contribution in [0.15, 0.2) is 47.6 Å². The average Bonchev–Trinajstić information content (AvgIpc) is 3.16. The Morgan fingerprint density at radius 1 is 1.09 bits per heavy atom. The highest BCUT2D eigenvalue weighted by Crippen LogP contribution is 2.45. The number of hydrogen-bond acceptors (Lipinski definition) is 5. The number of para-hydroxylation sites is 1. The van der Waals surface area contributed by atoms with Crippen LogP contribution in [0.3, 0.4) is 0 Å². The van der Waals surface area contributed by atoms with E-state index >= 15 is 0 Å². The minimum Gasteiger partial charge on any atom is -0.493 e. The van der Waals surface area contributed by atoms with Gasteiger partial charge in [0.25, 0.3) is 0 Å². The molecule has 2 atom stereocenters. The number of Topliss-reactive ketones (excluding diaryl/α,β-unsaturated/α-hetero) is 1. The second-order valence-electron chi connectivity index (χ2n) is 8.43. The molecule has 2 aliphatic rings. The Hall–Kier alpha value is -3.29. The molecule has 2 aliphatic heterocycles. The Bertz CT molecular complexity index is 1100. The SMILES string of the molecule is CC(=O)C1CCCOc2ccccc2C2(CCC1)OC(c1cc(F)ccc1F)=NN2C(C)=O. The highest BCUT2D eigenvalue weighted by Gasteiger charge is 2.50. The molecule has 4 rings (SSSR count). The molecule has 33 heavy (non-hydrogen) atoms. The lowest BCUT2D eigenvalue weighted by Gasteiger charge is -2.36. The van der Waals surface area contributed by atoms with Crippen LogP contribution < -0.4 is 4.74 Å². The number of nitrogens with zero attached hydrogens (tertiary/aromatic N) is 2. The lowest BCUT2D eigenvalue weighted by atomic mass is 9.89. The topological polar surface area (TPSA) is 68.2 Å². The third-order valence-electron chi connectivity index (χ3n) is 6.16. The molecule has 8 heteroatoms. The summed E-state index contributed by atoms with van der Waals surface area (Å²) in [5.74, 6) is -1.47. The fourth-order valence-electron chi connectivity index (χ4n) is 4.52. The first-order valence-corrected chi connectivity index (χ1v) is 11.1. The number of amides is 1. The lowest BCUT2D eigenvalue weighted by Crippen LogP contribution is -2.44. The molecule has 0 saturated heterocycles. The van der Waals surface area contributed by atoms with E-state index in [2.05, 4.69) is 5.10 Å². The summed E-state index contributed by atoms with van der Waals surface area (Å²) in [5.41, 5.74) is -1.02. The summed E-state index contributed by atoms with van der Waals surface area (Å²) < 4.78 is 40.8. The van der Waals surface area contributed by atoms with E-state index in [9.17, 15) is 18.4 Å². The van der Waals surface area contributed by atoms with E-state index in [0.717, 1.165) is 18.2 Å². The molecular formula is C25H26F2N2O4. The summed E-state index contributed by atoms with van der Waals surface area (Å²) in [6.07, 6.45) is 2.87. The van der Waals surface area contributed by atoms with Gasteiger partial charge in [0.05, 0.1) is 17.7 Å². The zero-order chi connectivity index (χ0) is 23.6. The van der Waals surface area contributed by atoms with Gasteiger partial charge < -0.3 is 9.47 Å². The number of rotatable bonds is 2. The van der Waals surface area contributed by atoms with Gasteiger partial charge in [-0.3, -0.25) is 9.59 Å². The van der Waals surface area contributed by atoms with E-state index in [-0.39, 0.29) is 23.2 Å². The Balaban J connectivity index is 1.81. The standard InChI is InChI=1S/C25H26F2N2O4/c1-16(30)18-7-5-13-25(21-9-3-4-10-23(21)32-14-6-8-18)29(17(2)31)28-24(33-25)20-15-19(26)11-12-22(20)27/h3-4,9-12,15,18H,5-8,13-14H2,1-2H3. The van der Waals surface area contributed by atoms with Crippen LogP contribution in [-0.4, -0.2) is 29.2 Å². The van der Waals surface area contributed by atoms with Crippen molar-refractivity contribution >= 4 is 17.6 Å². The molecule has 2 heterocycles. The molecule has 1 spiro atoms. The third kappa shape index (κ3) is 4.47. The second-order valence-corrected chi connectivity index (χ2v) is 8.43.